The summed E-state index contributed by atoms with van der Waals surface area (Å²) >= 11 is 0. The van der Waals surface area contributed by atoms with Crippen LogP contribution in [0.2, 0.25) is 0 Å². The highest BCUT2D eigenvalue weighted by Gasteiger charge is 2.19. The fourth-order valence-corrected chi connectivity index (χ4v) is 3.33. The van der Waals surface area contributed by atoms with Crippen LogP contribution in [0.1, 0.15) is 11.5 Å². The lowest BCUT2D eigenvalue weighted by molar-refractivity contribution is 0.624. The molecule has 1 aromatic carbocycles. The Kier molecular flexibility index (Phi) is 5.32. The van der Waals surface area contributed by atoms with E-state index in [9.17, 15) is 4.39 Å². The molecule has 2 aromatic heterocycles. The van der Waals surface area contributed by atoms with Crippen molar-refractivity contribution in [3.63, 3.8) is 0 Å². The molecule has 1 N–H and O–H groups in total. The Balaban J connectivity index is 1.40. The van der Waals surface area contributed by atoms with E-state index in [1.165, 1.54) is 12.1 Å². The van der Waals surface area contributed by atoms with Gasteiger partial charge < -0.3 is 15.1 Å². The van der Waals surface area contributed by atoms with Gasteiger partial charge in [-0.05, 0) is 43.3 Å². The van der Waals surface area contributed by atoms with E-state index in [0.29, 0.717) is 6.54 Å². The molecule has 7 heteroatoms. The SMILES string of the molecule is Cc1nc(NCc2ccccn2)cc(N2CCN(c3ccc(F)cc3)CC2)n1. The van der Waals surface area contributed by atoms with Crippen LogP contribution in [0.25, 0.3) is 0 Å². The number of hydrogen-bond acceptors (Lipinski definition) is 6. The standard InChI is InChI=1S/C21H23FN6/c1-16-25-20(24-15-18-4-2-3-9-23-18)14-21(26-16)28-12-10-27(11-13-28)19-7-5-17(22)6-8-19/h2-9,14H,10-13,15H2,1H3,(H,24,25,26). The first kappa shape index (κ1) is 18.2. The number of halogens is 1. The smallest absolute Gasteiger partial charge is 0.134 e. The summed E-state index contributed by atoms with van der Waals surface area (Å²) in [5.74, 6) is 2.26. The van der Waals surface area contributed by atoms with E-state index in [1.54, 1.807) is 6.20 Å². The summed E-state index contributed by atoms with van der Waals surface area (Å²) in [4.78, 5) is 18.0. The number of hydrogen-bond donors (Lipinski definition) is 1. The molecule has 28 heavy (non-hydrogen) atoms. The number of benzene rings is 1. The molecule has 3 aromatic rings. The number of nitrogens with one attached hydrogen (secondary N) is 1. The third-order valence-electron chi connectivity index (χ3n) is 4.80. The molecule has 1 saturated heterocycles. The van der Waals surface area contributed by atoms with Gasteiger partial charge in [-0.1, -0.05) is 6.07 Å². The summed E-state index contributed by atoms with van der Waals surface area (Å²) in [6.07, 6.45) is 1.79. The highest BCUT2D eigenvalue weighted by Crippen LogP contribution is 2.21. The maximum Gasteiger partial charge on any atom is 0.134 e. The van der Waals surface area contributed by atoms with Crippen LogP contribution in [-0.2, 0) is 6.54 Å². The van der Waals surface area contributed by atoms with Gasteiger partial charge in [-0.15, -0.1) is 0 Å². The number of piperazine rings is 1. The predicted octanol–water partition coefficient (Wildman–Crippen LogP) is 3.26. The van der Waals surface area contributed by atoms with E-state index in [2.05, 4.69) is 30.1 Å². The van der Waals surface area contributed by atoms with Crippen molar-refractivity contribution in [2.45, 2.75) is 13.5 Å². The Hall–Kier alpha value is -3.22. The summed E-state index contributed by atoms with van der Waals surface area (Å²) in [5.41, 5.74) is 2.02. The minimum Gasteiger partial charge on any atom is -0.368 e. The molecule has 1 fully saturated rings. The van der Waals surface area contributed by atoms with Gasteiger partial charge in [0.1, 0.15) is 23.3 Å². The number of rotatable bonds is 5. The molecule has 0 bridgehead atoms. The molecule has 0 atom stereocenters. The first-order valence-electron chi connectivity index (χ1n) is 9.42. The summed E-state index contributed by atoms with van der Waals surface area (Å²) in [6.45, 7) is 5.97. The Bertz CT molecular complexity index is 908. The second-order valence-electron chi connectivity index (χ2n) is 6.78. The van der Waals surface area contributed by atoms with Gasteiger partial charge in [-0.3, -0.25) is 4.98 Å². The number of aromatic nitrogens is 3. The quantitative estimate of drug-likeness (QED) is 0.736. The van der Waals surface area contributed by atoms with Gasteiger partial charge >= 0.3 is 0 Å². The molecule has 0 spiro atoms. The normalized spacial score (nSPS) is 14.2. The van der Waals surface area contributed by atoms with E-state index >= 15 is 0 Å². The highest BCUT2D eigenvalue weighted by molar-refractivity contribution is 5.52. The Morgan fingerprint density at radius 1 is 0.964 bits per heavy atom. The second-order valence-corrected chi connectivity index (χ2v) is 6.78. The lowest BCUT2D eigenvalue weighted by atomic mass is 10.2. The maximum absolute atomic E-state index is 13.1. The lowest BCUT2D eigenvalue weighted by Crippen LogP contribution is -2.46. The first-order valence-corrected chi connectivity index (χ1v) is 9.42. The van der Waals surface area contributed by atoms with Gasteiger partial charge in [-0.25, -0.2) is 14.4 Å². The van der Waals surface area contributed by atoms with Crippen molar-refractivity contribution >= 4 is 17.3 Å². The summed E-state index contributed by atoms with van der Waals surface area (Å²) < 4.78 is 13.1. The lowest BCUT2D eigenvalue weighted by Gasteiger charge is -2.36. The van der Waals surface area contributed by atoms with Crippen LogP contribution in [0.5, 0.6) is 0 Å². The van der Waals surface area contributed by atoms with Gasteiger partial charge in [0, 0.05) is 44.1 Å². The van der Waals surface area contributed by atoms with E-state index in [-0.39, 0.29) is 5.82 Å². The molecule has 0 radical (unpaired) electrons. The van der Waals surface area contributed by atoms with Crippen molar-refractivity contribution in [3.8, 4) is 0 Å². The minimum absolute atomic E-state index is 0.204. The molecular weight excluding hydrogens is 355 g/mol. The number of nitrogens with zero attached hydrogens (tertiary/aromatic N) is 5. The molecule has 0 unspecified atom stereocenters. The van der Waals surface area contributed by atoms with E-state index in [1.807, 2.05) is 43.3 Å². The number of aryl methyl sites for hydroxylation is 1. The van der Waals surface area contributed by atoms with Crippen LogP contribution >= 0.6 is 0 Å². The molecule has 0 saturated carbocycles. The van der Waals surface area contributed by atoms with Crippen LogP contribution in [-0.4, -0.2) is 41.1 Å². The Labute approximate surface area is 164 Å². The monoisotopic (exact) mass is 378 g/mol. The molecule has 3 heterocycles. The van der Waals surface area contributed by atoms with Crippen LogP contribution in [0.4, 0.5) is 21.7 Å². The number of pyridine rings is 1. The minimum atomic E-state index is -0.204. The highest BCUT2D eigenvalue weighted by atomic mass is 19.1. The van der Waals surface area contributed by atoms with Gasteiger partial charge in [0.25, 0.3) is 0 Å². The van der Waals surface area contributed by atoms with Gasteiger partial charge in [0.2, 0.25) is 0 Å². The van der Waals surface area contributed by atoms with Gasteiger partial charge in [0.15, 0.2) is 0 Å². The molecule has 0 aliphatic carbocycles. The first-order chi connectivity index (χ1) is 13.7. The Morgan fingerprint density at radius 2 is 1.71 bits per heavy atom. The zero-order valence-electron chi connectivity index (χ0n) is 15.8. The fraction of sp³-hybridized carbons (Fsp3) is 0.286. The molecule has 6 nitrogen and oxygen atoms in total. The average molecular weight is 378 g/mol. The Morgan fingerprint density at radius 3 is 2.43 bits per heavy atom. The third-order valence-corrected chi connectivity index (χ3v) is 4.80. The van der Waals surface area contributed by atoms with Crippen LogP contribution < -0.4 is 15.1 Å². The maximum atomic E-state index is 13.1. The average Bonchev–Trinajstić information content (AvgIpc) is 2.73. The summed E-state index contributed by atoms with van der Waals surface area (Å²) in [7, 11) is 0. The fourth-order valence-electron chi connectivity index (χ4n) is 3.33. The molecule has 0 amide bonds. The summed E-state index contributed by atoms with van der Waals surface area (Å²) in [6, 6.07) is 14.5. The van der Waals surface area contributed by atoms with E-state index in [0.717, 1.165) is 55.0 Å². The predicted molar refractivity (Wildman–Crippen MR) is 109 cm³/mol. The zero-order valence-corrected chi connectivity index (χ0v) is 15.8. The molecule has 1 aliphatic rings. The zero-order chi connectivity index (χ0) is 19.3. The van der Waals surface area contributed by atoms with E-state index < -0.39 is 0 Å². The van der Waals surface area contributed by atoms with Crippen LogP contribution in [0, 0.1) is 12.7 Å². The molecular formula is C21H23FN6. The summed E-state index contributed by atoms with van der Waals surface area (Å²) in [5, 5.41) is 3.33. The van der Waals surface area contributed by atoms with Crippen LogP contribution in [0.15, 0.2) is 54.7 Å². The van der Waals surface area contributed by atoms with Gasteiger partial charge in [0.05, 0.1) is 12.2 Å². The van der Waals surface area contributed by atoms with Gasteiger partial charge in [-0.2, -0.15) is 0 Å². The molecule has 144 valence electrons. The van der Waals surface area contributed by atoms with Crippen molar-refractivity contribution in [2.24, 2.45) is 0 Å². The van der Waals surface area contributed by atoms with Crippen molar-refractivity contribution in [1.82, 2.24) is 15.0 Å². The third kappa shape index (κ3) is 4.36. The van der Waals surface area contributed by atoms with Crippen molar-refractivity contribution < 1.29 is 4.39 Å². The van der Waals surface area contributed by atoms with Crippen LogP contribution in [0.3, 0.4) is 0 Å². The molecule has 4 rings (SSSR count). The molecule has 1 aliphatic heterocycles. The topological polar surface area (TPSA) is 57.2 Å². The van der Waals surface area contributed by atoms with Crippen molar-refractivity contribution in [2.75, 3.05) is 41.3 Å². The van der Waals surface area contributed by atoms with Crippen molar-refractivity contribution in [1.29, 1.82) is 0 Å². The number of anilines is 3. The largest absolute Gasteiger partial charge is 0.368 e. The van der Waals surface area contributed by atoms with Crippen molar-refractivity contribution in [3.05, 3.63) is 72.1 Å². The van der Waals surface area contributed by atoms with E-state index in [4.69, 9.17) is 0 Å². The second kappa shape index (κ2) is 8.21.